The molecule has 1 atom stereocenters. The zero-order valence-electron chi connectivity index (χ0n) is 10.8. The highest BCUT2D eigenvalue weighted by Gasteiger charge is 2.36. The summed E-state index contributed by atoms with van der Waals surface area (Å²) in [7, 11) is 1.73. The van der Waals surface area contributed by atoms with Crippen LogP contribution in [0.25, 0.3) is 0 Å². The lowest BCUT2D eigenvalue weighted by atomic mass is 9.85. The van der Waals surface area contributed by atoms with Crippen LogP contribution in [0, 0.1) is 0 Å². The van der Waals surface area contributed by atoms with Crippen molar-refractivity contribution in [3.63, 3.8) is 0 Å². The molecule has 1 N–H and O–H groups in total. The number of carbonyl (C=O) groups is 2. The number of Topliss-reactive ketones (excluding diaryl/α,β-unsaturated/α-hetero) is 1. The van der Waals surface area contributed by atoms with Gasteiger partial charge in [-0.3, -0.25) is 4.79 Å². The van der Waals surface area contributed by atoms with Crippen molar-refractivity contribution < 1.29 is 9.59 Å². The third-order valence-electron chi connectivity index (χ3n) is 3.83. The summed E-state index contributed by atoms with van der Waals surface area (Å²) >= 11 is 0. The highest BCUT2D eigenvalue weighted by Crippen LogP contribution is 2.36. The highest BCUT2D eigenvalue weighted by molar-refractivity contribution is 6.00. The fourth-order valence-electron chi connectivity index (χ4n) is 2.83. The van der Waals surface area contributed by atoms with Crippen LogP contribution in [0.2, 0.25) is 0 Å². The van der Waals surface area contributed by atoms with Crippen LogP contribution in [-0.2, 0) is 4.79 Å². The van der Waals surface area contributed by atoms with Gasteiger partial charge in [0.05, 0.1) is 6.04 Å². The normalized spacial score (nSPS) is 23.2. The standard InChI is InChI=1S/C15H16N2O2/c1-17-11-8-5-9-12(18)13(11)14(16-15(17)19)10-6-3-2-4-7-10/h2-4,6-7,14H,5,8-9H2,1H3,(H,16,19)/t14-/m1/s1. The molecule has 2 amide bonds. The number of urea groups is 1. The molecule has 0 saturated heterocycles. The van der Waals surface area contributed by atoms with Gasteiger partial charge in [-0.05, 0) is 18.4 Å². The molecule has 0 saturated carbocycles. The molecule has 4 nitrogen and oxygen atoms in total. The molecule has 3 rings (SSSR count). The molecule has 1 heterocycles. The molecule has 0 radical (unpaired) electrons. The molecule has 2 aliphatic rings. The molecule has 0 bridgehead atoms. The summed E-state index contributed by atoms with van der Waals surface area (Å²) in [6.07, 6.45) is 2.21. The van der Waals surface area contributed by atoms with Crippen LogP contribution in [0.4, 0.5) is 4.79 Å². The molecule has 1 aliphatic heterocycles. The Kier molecular flexibility index (Phi) is 2.85. The summed E-state index contributed by atoms with van der Waals surface area (Å²) in [6, 6.07) is 9.24. The lowest BCUT2D eigenvalue weighted by molar-refractivity contribution is -0.116. The Labute approximate surface area is 112 Å². The van der Waals surface area contributed by atoms with Crippen LogP contribution in [-0.4, -0.2) is 23.8 Å². The van der Waals surface area contributed by atoms with Crippen molar-refractivity contribution in [2.75, 3.05) is 7.05 Å². The summed E-state index contributed by atoms with van der Waals surface area (Å²) in [5, 5.41) is 2.92. The van der Waals surface area contributed by atoms with Crippen LogP contribution in [0.3, 0.4) is 0 Å². The second-order valence-corrected chi connectivity index (χ2v) is 4.99. The lowest BCUT2D eigenvalue weighted by Crippen LogP contribution is -2.47. The molecule has 4 heteroatoms. The smallest absolute Gasteiger partial charge is 0.322 e. The highest BCUT2D eigenvalue weighted by atomic mass is 16.2. The van der Waals surface area contributed by atoms with E-state index in [-0.39, 0.29) is 17.9 Å². The van der Waals surface area contributed by atoms with E-state index in [0.717, 1.165) is 29.7 Å². The zero-order valence-corrected chi connectivity index (χ0v) is 10.8. The molecule has 19 heavy (non-hydrogen) atoms. The van der Waals surface area contributed by atoms with Crippen LogP contribution >= 0.6 is 0 Å². The Bertz CT molecular complexity index is 563. The quantitative estimate of drug-likeness (QED) is 0.838. The summed E-state index contributed by atoms with van der Waals surface area (Å²) < 4.78 is 0. The third-order valence-corrected chi connectivity index (χ3v) is 3.83. The van der Waals surface area contributed by atoms with Crippen molar-refractivity contribution in [3.05, 3.63) is 47.2 Å². The zero-order chi connectivity index (χ0) is 13.4. The van der Waals surface area contributed by atoms with E-state index in [1.165, 1.54) is 0 Å². The fourth-order valence-corrected chi connectivity index (χ4v) is 2.83. The van der Waals surface area contributed by atoms with E-state index in [0.29, 0.717) is 6.42 Å². The summed E-state index contributed by atoms with van der Waals surface area (Å²) in [6.45, 7) is 0. The van der Waals surface area contributed by atoms with E-state index < -0.39 is 0 Å². The Morgan fingerprint density at radius 1 is 1.16 bits per heavy atom. The number of benzene rings is 1. The maximum Gasteiger partial charge on any atom is 0.322 e. The predicted octanol–water partition coefficient (Wildman–Crippen LogP) is 2.39. The molecular weight excluding hydrogens is 240 g/mol. The first-order valence-corrected chi connectivity index (χ1v) is 6.54. The molecular formula is C15H16N2O2. The number of hydrogen-bond donors (Lipinski definition) is 1. The number of amides is 2. The van der Waals surface area contributed by atoms with Gasteiger partial charge in [-0.1, -0.05) is 30.3 Å². The van der Waals surface area contributed by atoms with Crippen molar-refractivity contribution in [2.45, 2.75) is 25.3 Å². The molecule has 0 fully saturated rings. The number of carbonyl (C=O) groups excluding carboxylic acids is 2. The molecule has 1 aliphatic carbocycles. The first kappa shape index (κ1) is 12.0. The van der Waals surface area contributed by atoms with E-state index in [1.54, 1.807) is 11.9 Å². The van der Waals surface area contributed by atoms with Gasteiger partial charge in [0.25, 0.3) is 0 Å². The third kappa shape index (κ3) is 1.93. The topological polar surface area (TPSA) is 49.4 Å². The number of nitrogens with zero attached hydrogens (tertiary/aromatic N) is 1. The SMILES string of the molecule is CN1C(=O)N[C@H](c2ccccc2)C2=C1CCCC2=O. The molecule has 1 aromatic carbocycles. The average Bonchev–Trinajstić information content (AvgIpc) is 2.44. The van der Waals surface area contributed by atoms with Gasteiger partial charge in [0.2, 0.25) is 0 Å². The van der Waals surface area contributed by atoms with Crippen molar-refractivity contribution in [1.29, 1.82) is 0 Å². The molecule has 0 spiro atoms. The first-order chi connectivity index (χ1) is 9.18. The van der Waals surface area contributed by atoms with Crippen LogP contribution in [0.5, 0.6) is 0 Å². The summed E-state index contributed by atoms with van der Waals surface area (Å²) in [4.78, 5) is 25.8. The van der Waals surface area contributed by atoms with E-state index in [1.807, 2.05) is 30.3 Å². The molecule has 0 unspecified atom stereocenters. The number of hydrogen-bond acceptors (Lipinski definition) is 2. The van der Waals surface area contributed by atoms with E-state index in [2.05, 4.69) is 5.32 Å². The number of nitrogens with one attached hydrogen (secondary N) is 1. The van der Waals surface area contributed by atoms with Gasteiger partial charge in [-0.15, -0.1) is 0 Å². The van der Waals surface area contributed by atoms with Crippen molar-refractivity contribution in [2.24, 2.45) is 0 Å². The maximum absolute atomic E-state index is 12.2. The molecule has 98 valence electrons. The Hall–Kier alpha value is -2.10. The first-order valence-electron chi connectivity index (χ1n) is 6.54. The Morgan fingerprint density at radius 2 is 1.89 bits per heavy atom. The largest absolute Gasteiger partial charge is 0.327 e. The maximum atomic E-state index is 12.2. The molecule has 0 aromatic heterocycles. The van der Waals surface area contributed by atoms with E-state index >= 15 is 0 Å². The van der Waals surface area contributed by atoms with Crippen molar-refractivity contribution in [1.82, 2.24) is 10.2 Å². The van der Waals surface area contributed by atoms with Crippen LogP contribution < -0.4 is 5.32 Å². The van der Waals surface area contributed by atoms with Gasteiger partial charge in [0.1, 0.15) is 0 Å². The van der Waals surface area contributed by atoms with E-state index in [9.17, 15) is 9.59 Å². The van der Waals surface area contributed by atoms with Crippen LogP contribution in [0.15, 0.2) is 41.6 Å². The molecule has 1 aromatic rings. The van der Waals surface area contributed by atoms with Crippen LogP contribution in [0.1, 0.15) is 30.9 Å². The minimum absolute atomic E-state index is 0.137. The van der Waals surface area contributed by atoms with Gasteiger partial charge < -0.3 is 10.2 Å². The predicted molar refractivity (Wildman–Crippen MR) is 71.4 cm³/mol. The summed E-state index contributed by atoms with van der Waals surface area (Å²) in [5.74, 6) is 0.155. The number of allylic oxidation sites excluding steroid dienone is 1. The van der Waals surface area contributed by atoms with Crippen molar-refractivity contribution in [3.8, 4) is 0 Å². The van der Waals surface area contributed by atoms with Gasteiger partial charge in [0.15, 0.2) is 5.78 Å². The van der Waals surface area contributed by atoms with Gasteiger partial charge in [-0.2, -0.15) is 0 Å². The van der Waals surface area contributed by atoms with Crippen molar-refractivity contribution >= 4 is 11.8 Å². The van der Waals surface area contributed by atoms with E-state index in [4.69, 9.17) is 0 Å². The number of ketones is 1. The van der Waals surface area contributed by atoms with Gasteiger partial charge in [-0.25, -0.2) is 4.79 Å². The Balaban J connectivity index is 2.11. The second-order valence-electron chi connectivity index (χ2n) is 4.99. The number of rotatable bonds is 1. The van der Waals surface area contributed by atoms with Gasteiger partial charge >= 0.3 is 6.03 Å². The minimum Gasteiger partial charge on any atom is -0.327 e. The Morgan fingerprint density at radius 3 is 2.63 bits per heavy atom. The second kappa shape index (κ2) is 4.53. The van der Waals surface area contributed by atoms with Gasteiger partial charge in [0, 0.05) is 24.7 Å². The minimum atomic E-state index is -0.298. The lowest BCUT2D eigenvalue weighted by Gasteiger charge is -2.37. The summed E-state index contributed by atoms with van der Waals surface area (Å²) in [5.41, 5.74) is 2.61. The average molecular weight is 256 g/mol. The fraction of sp³-hybridized carbons (Fsp3) is 0.333. The monoisotopic (exact) mass is 256 g/mol.